The molecule has 1 unspecified atom stereocenters. The first-order chi connectivity index (χ1) is 8.74. The highest BCUT2D eigenvalue weighted by Gasteiger charge is 2.28. The molecule has 0 aliphatic carbocycles. The molecule has 92 valence electrons. The predicted molar refractivity (Wildman–Crippen MR) is 69.3 cm³/mol. The van der Waals surface area contributed by atoms with Crippen LogP contribution in [-0.2, 0) is 4.79 Å². The van der Waals surface area contributed by atoms with Gasteiger partial charge in [0.15, 0.2) is 0 Å². The maximum Gasteiger partial charge on any atom is 0.228 e. The van der Waals surface area contributed by atoms with Crippen LogP contribution in [0.2, 0.25) is 0 Å². The number of nitrogens with zero attached hydrogens (tertiary/aromatic N) is 4. The zero-order chi connectivity index (χ0) is 12.5. The van der Waals surface area contributed by atoms with Gasteiger partial charge in [0, 0.05) is 29.0 Å². The zero-order valence-corrected chi connectivity index (χ0v) is 11.0. The molecule has 0 spiro atoms. The van der Waals surface area contributed by atoms with E-state index in [2.05, 4.69) is 36.6 Å². The summed E-state index contributed by atoms with van der Waals surface area (Å²) in [5, 5.41) is 13.7. The minimum atomic E-state index is 0.143. The Labute approximate surface area is 112 Å². The maximum atomic E-state index is 11.8. The number of tetrazole rings is 1. The van der Waals surface area contributed by atoms with Gasteiger partial charge < -0.3 is 4.90 Å². The van der Waals surface area contributed by atoms with Crippen LogP contribution in [0.4, 0.5) is 5.69 Å². The Morgan fingerprint density at radius 1 is 1.33 bits per heavy atom. The first-order valence-corrected chi connectivity index (χ1v) is 6.44. The van der Waals surface area contributed by atoms with Crippen LogP contribution in [0.25, 0.3) is 11.4 Å². The van der Waals surface area contributed by atoms with E-state index in [1.807, 2.05) is 24.3 Å². The lowest BCUT2D eigenvalue weighted by Gasteiger charge is -2.15. The number of hydrogen-bond donors (Lipinski definition) is 1. The lowest BCUT2D eigenvalue weighted by atomic mass is 10.2. The summed E-state index contributed by atoms with van der Waals surface area (Å²) in [7, 11) is 0. The molecule has 3 rings (SSSR count). The molecule has 1 aromatic carbocycles. The van der Waals surface area contributed by atoms with Gasteiger partial charge in [0.2, 0.25) is 11.7 Å². The first kappa shape index (κ1) is 11.3. The van der Waals surface area contributed by atoms with Gasteiger partial charge >= 0.3 is 0 Å². The molecule has 1 N–H and O–H groups in total. The van der Waals surface area contributed by atoms with Crippen LogP contribution in [-0.4, -0.2) is 37.9 Å². The molecule has 1 aliphatic rings. The number of anilines is 1. The van der Waals surface area contributed by atoms with Crippen LogP contribution in [0, 0.1) is 0 Å². The molecule has 0 radical (unpaired) electrons. The third kappa shape index (κ3) is 2.01. The molecule has 1 aromatic heterocycles. The van der Waals surface area contributed by atoms with E-state index in [1.165, 1.54) is 0 Å². The summed E-state index contributed by atoms with van der Waals surface area (Å²) in [6, 6.07) is 7.56. The Bertz CT molecular complexity index is 553. The number of aromatic nitrogens is 4. The van der Waals surface area contributed by atoms with Gasteiger partial charge in [-0.3, -0.25) is 4.79 Å². The van der Waals surface area contributed by atoms with Crippen molar-refractivity contribution in [2.75, 3.05) is 11.4 Å². The normalized spacial score (nSPS) is 19.5. The second-order valence-electron chi connectivity index (χ2n) is 4.09. The molecule has 6 nitrogen and oxygen atoms in total. The second kappa shape index (κ2) is 4.49. The summed E-state index contributed by atoms with van der Waals surface area (Å²) in [5.74, 6) is 0.692. The number of carbonyl (C=O) groups excluding carboxylic acids is 1. The Hall–Kier alpha value is -1.76. The SMILES string of the molecule is O=C1CC(Br)CN1c1ccc(-c2nn[nH]n2)cc1. The standard InChI is InChI=1S/C11H10BrN5O/c12-8-5-10(18)17(6-8)9-3-1-7(2-4-9)11-13-15-16-14-11/h1-4,8H,5-6H2,(H,13,14,15,16). The molecular formula is C11H10BrN5O. The van der Waals surface area contributed by atoms with Gasteiger partial charge in [-0.15, -0.1) is 10.2 Å². The highest BCUT2D eigenvalue weighted by atomic mass is 79.9. The fraction of sp³-hybridized carbons (Fsp3) is 0.273. The van der Waals surface area contributed by atoms with E-state index in [9.17, 15) is 4.79 Å². The second-order valence-corrected chi connectivity index (χ2v) is 5.38. The minimum Gasteiger partial charge on any atom is -0.311 e. The number of aromatic amines is 1. The van der Waals surface area contributed by atoms with Gasteiger partial charge in [-0.25, -0.2) is 0 Å². The van der Waals surface area contributed by atoms with Gasteiger partial charge in [-0.2, -0.15) is 5.21 Å². The number of H-pyrrole nitrogens is 1. The van der Waals surface area contributed by atoms with Crippen LogP contribution in [0.5, 0.6) is 0 Å². The fourth-order valence-electron chi connectivity index (χ4n) is 1.99. The summed E-state index contributed by atoms with van der Waals surface area (Å²) >= 11 is 3.47. The van der Waals surface area contributed by atoms with Gasteiger partial charge in [0.1, 0.15) is 0 Å². The highest BCUT2D eigenvalue weighted by molar-refractivity contribution is 9.09. The number of benzene rings is 1. The Kier molecular flexibility index (Phi) is 2.83. The van der Waals surface area contributed by atoms with Crippen molar-refractivity contribution in [2.45, 2.75) is 11.2 Å². The number of halogens is 1. The topological polar surface area (TPSA) is 74.8 Å². The number of hydrogen-bond acceptors (Lipinski definition) is 4. The Morgan fingerprint density at radius 2 is 2.11 bits per heavy atom. The van der Waals surface area contributed by atoms with Crippen molar-refractivity contribution < 1.29 is 4.79 Å². The Balaban J connectivity index is 1.85. The zero-order valence-electron chi connectivity index (χ0n) is 9.38. The summed E-state index contributed by atoms with van der Waals surface area (Å²) in [4.78, 5) is 13.8. The van der Waals surface area contributed by atoms with Gasteiger partial charge in [0.05, 0.1) is 0 Å². The van der Waals surface area contributed by atoms with E-state index in [0.29, 0.717) is 18.8 Å². The molecule has 1 amide bonds. The smallest absolute Gasteiger partial charge is 0.228 e. The predicted octanol–water partition coefficient (Wildman–Crippen LogP) is 1.37. The van der Waals surface area contributed by atoms with Crippen LogP contribution < -0.4 is 4.90 Å². The average molecular weight is 308 g/mol. The van der Waals surface area contributed by atoms with Crippen LogP contribution in [0.3, 0.4) is 0 Å². The maximum absolute atomic E-state index is 11.8. The molecule has 7 heteroatoms. The number of rotatable bonds is 2. The minimum absolute atomic E-state index is 0.143. The molecule has 1 saturated heterocycles. The van der Waals surface area contributed by atoms with Crippen molar-refractivity contribution >= 4 is 27.5 Å². The quantitative estimate of drug-likeness (QED) is 0.850. The van der Waals surface area contributed by atoms with Crippen LogP contribution >= 0.6 is 15.9 Å². The van der Waals surface area contributed by atoms with Gasteiger partial charge in [-0.1, -0.05) is 15.9 Å². The van der Waals surface area contributed by atoms with Crippen molar-refractivity contribution in [1.82, 2.24) is 20.6 Å². The van der Waals surface area contributed by atoms with Crippen molar-refractivity contribution in [1.29, 1.82) is 0 Å². The van der Waals surface area contributed by atoms with Gasteiger partial charge in [0.25, 0.3) is 0 Å². The van der Waals surface area contributed by atoms with E-state index in [1.54, 1.807) is 4.90 Å². The number of carbonyl (C=O) groups is 1. The summed E-state index contributed by atoms with van der Waals surface area (Å²) in [6.45, 7) is 0.709. The lowest BCUT2D eigenvalue weighted by Crippen LogP contribution is -2.24. The van der Waals surface area contributed by atoms with Crippen LogP contribution in [0.15, 0.2) is 24.3 Å². The molecule has 18 heavy (non-hydrogen) atoms. The molecule has 1 aliphatic heterocycles. The highest BCUT2D eigenvalue weighted by Crippen LogP contribution is 2.26. The number of amides is 1. The molecule has 0 saturated carbocycles. The molecule has 2 heterocycles. The van der Waals surface area contributed by atoms with E-state index in [-0.39, 0.29) is 10.7 Å². The summed E-state index contributed by atoms with van der Waals surface area (Å²) in [6.07, 6.45) is 0.548. The fourth-order valence-corrected chi connectivity index (χ4v) is 2.55. The van der Waals surface area contributed by atoms with Crippen molar-refractivity contribution in [3.63, 3.8) is 0 Å². The summed E-state index contributed by atoms with van der Waals surface area (Å²) < 4.78 is 0. The number of alkyl halides is 1. The molecular weight excluding hydrogens is 298 g/mol. The third-order valence-electron chi connectivity index (χ3n) is 2.86. The molecule has 2 aromatic rings. The van der Waals surface area contributed by atoms with E-state index < -0.39 is 0 Å². The van der Waals surface area contributed by atoms with E-state index in [4.69, 9.17) is 0 Å². The van der Waals surface area contributed by atoms with E-state index >= 15 is 0 Å². The average Bonchev–Trinajstić information content (AvgIpc) is 2.99. The Morgan fingerprint density at radius 3 is 2.67 bits per heavy atom. The van der Waals surface area contributed by atoms with Crippen molar-refractivity contribution in [2.24, 2.45) is 0 Å². The number of nitrogens with one attached hydrogen (secondary N) is 1. The molecule has 1 fully saturated rings. The molecule has 0 bridgehead atoms. The molecule has 1 atom stereocenters. The largest absolute Gasteiger partial charge is 0.311 e. The third-order valence-corrected chi connectivity index (χ3v) is 3.47. The van der Waals surface area contributed by atoms with E-state index in [0.717, 1.165) is 11.3 Å². The van der Waals surface area contributed by atoms with Gasteiger partial charge in [-0.05, 0) is 29.5 Å². The lowest BCUT2D eigenvalue weighted by molar-refractivity contribution is -0.117. The monoisotopic (exact) mass is 307 g/mol. The summed E-state index contributed by atoms with van der Waals surface area (Å²) in [5.41, 5.74) is 1.77. The first-order valence-electron chi connectivity index (χ1n) is 5.52. The van der Waals surface area contributed by atoms with Crippen molar-refractivity contribution in [3.8, 4) is 11.4 Å². The van der Waals surface area contributed by atoms with Crippen LogP contribution in [0.1, 0.15) is 6.42 Å². The van der Waals surface area contributed by atoms with Crippen molar-refractivity contribution in [3.05, 3.63) is 24.3 Å².